The molecule has 1 aromatic heterocycles. The summed E-state index contributed by atoms with van der Waals surface area (Å²) in [6, 6.07) is 12.9. The summed E-state index contributed by atoms with van der Waals surface area (Å²) >= 11 is 1.22. The lowest BCUT2D eigenvalue weighted by atomic mass is 10.0. The molecule has 0 spiro atoms. The minimum absolute atomic E-state index is 0.0555. The highest BCUT2D eigenvalue weighted by molar-refractivity contribution is 8.01. The van der Waals surface area contributed by atoms with E-state index in [2.05, 4.69) is 10.6 Å². The van der Waals surface area contributed by atoms with Gasteiger partial charge in [-0.3, -0.25) is 14.4 Å². The molecule has 1 saturated heterocycles. The highest BCUT2D eigenvalue weighted by Crippen LogP contribution is 2.47. The summed E-state index contributed by atoms with van der Waals surface area (Å²) in [7, 11) is 1.46. The average molecular weight is 496 g/mol. The van der Waals surface area contributed by atoms with Crippen molar-refractivity contribution in [2.75, 3.05) is 20.2 Å². The number of benzene rings is 2. The molecule has 0 saturated carbocycles. The maximum Gasteiger partial charge on any atom is 0.258 e. The van der Waals surface area contributed by atoms with Gasteiger partial charge in [0.2, 0.25) is 5.91 Å². The van der Waals surface area contributed by atoms with E-state index in [1.54, 1.807) is 24.3 Å². The second-order valence-electron chi connectivity index (χ2n) is 8.81. The molecule has 182 valence electrons. The van der Waals surface area contributed by atoms with Crippen LogP contribution in [0.4, 0.5) is 4.39 Å². The van der Waals surface area contributed by atoms with Crippen LogP contribution >= 0.6 is 11.8 Å². The van der Waals surface area contributed by atoms with Crippen LogP contribution in [0.15, 0.2) is 58.2 Å². The van der Waals surface area contributed by atoms with Crippen LogP contribution in [0, 0.1) is 5.82 Å². The minimum Gasteiger partial charge on any atom is -0.375 e. The van der Waals surface area contributed by atoms with Crippen molar-refractivity contribution in [2.24, 2.45) is 0 Å². The van der Waals surface area contributed by atoms with Gasteiger partial charge < -0.3 is 19.9 Å². The summed E-state index contributed by atoms with van der Waals surface area (Å²) in [5.41, 5.74) is 0.815. The zero-order valence-corrected chi connectivity index (χ0v) is 20.1. The molecule has 1 fully saturated rings. The van der Waals surface area contributed by atoms with Crippen molar-refractivity contribution < 1.29 is 18.7 Å². The Morgan fingerprint density at radius 1 is 1.17 bits per heavy atom. The van der Waals surface area contributed by atoms with Gasteiger partial charge in [0.25, 0.3) is 5.56 Å². The number of pyridine rings is 1. The van der Waals surface area contributed by atoms with Crippen molar-refractivity contribution in [3.05, 3.63) is 75.8 Å². The van der Waals surface area contributed by atoms with Gasteiger partial charge in [0, 0.05) is 29.0 Å². The van der Waals surface area contributed by atoms with E-state index in [1.165, 1.54) is 41.6 Å². The fraction of sp³-hybridized carbons (Fsp3) is 0.346. The Morgan fingerprint density at radius 2 is 1.91 bits per heavy atom. The molecule has 2 aliphatic heterocycles. The van der Waals surface area contributed by atoms with Gasteiger partial charge in [-0.2, -0.15) is 0 Å². The first-order valence-electron chi connectivity index (χ1n) is 11.6. The largest absolute Gasteiger partial charge is 0.375 e. The average Bonchev–Trinajstić information content (AvgIpc) is 3.28. The maximum atomic E-state index is 14.3. The molecule has 3 aromatic rings. The zero-order chi connectivity index (χ0) is 24.5. The van der Waals surface area contributed by atoms with Gasteiger partial charge in [0.15, 0.2) is 5.78 Å². The highest BCUT2D eigenvalue weighted by Gasteiger charge is 2.43. The molecular formula is C26H26FN3O4S. The highest BCUT2D eigenvalue weighted by atomic mass is 32.2. The molecule has 0 radical (unpaired) electrons. The number of nitrogens with one attached hydrogen (secondary N) is 2. The van der Waals surface area contributed by atoms with Gasteiger partial charge in [-0.05, 0) is 44.1 Å². The molecule has 0 aliphatic carbocycles. The number of rotatable bonds is 6. The number of Topliss-reactive ketones (excluding diaryl/α,β-unsaturated/α-hetero) is 1. The Bertz CT molecular complexity index is 1340. The first-order chi connectivity index (χ1) is 17.0. The first kappa shape index (κ1) is 23.7. The molecule has 2 aromatic carbocycles. The van der Waals surface area contributed by atoms with Crippen molar-refractivity contribution in [1.82, 2.24) is 15.2 Å². The van der Waals surface area contributed by atoms with E-state index in [-0.39, 0.29) is 24.3 Å². The van der Waals surface area contributed by atoms with Crippen molar-refractivity contribution in [3.8, 4) is 0 Å². The summed E-state index contributed by atoms with van der Waals surface area (Å²) in [4.78, 5) is 40.5. The molecular weight excluding hydrogens is 469 g/mol. The third kappa shape index (κ3) is 4.51. The van der Waals surface area contributed by atoms with Gasteiger partial charge in [0.05, 0.1) is 17.6 Å². The number of nitrogens with zero attached hydrogens (tertiary/aromatic N) is 1. The molecule has 3 heterocycles. The van der Waals surface area contributed by atoms with Crippen molar-refractivity contribution in [2.45, 2.75) is 41.7 Å². The topological polar surface area (TPSA) is 89.4 Å². The minimum atomic E-state index is -0.810. The molecule has 7 nitrogen and oxygen atoms in total. The second-order valence-corrected chi connectivity index (χ2v) is 9.96. The number of amides is 1. The van der Waals surface area contributed by atoms with Crippen LogP contribution in [0.5, 0.6) is 0 Å². The summed E-state index contributed by atoms with van der Waals surface area (Å²) in [6.45, 7) is 1.47. The number of ketones is 1. The maximum absolute atomic E-state index is 14.3. The lowest BCUT2D eigenvalue weighted by molar-refractivity contribution is -0.123. The van der Waals surface area contributed by atoms with Crippen molar-refractivity contribution in [3.63, 3.8) is 0 Å². The van der Waals surface area contributed by atoms with Crippen LogP contribution in [-0.2, 0) is 16.1 Å². The number of piperidine rings is 1. The number of hydrogen-bond acceptors (Lipinski definition) is 6. The fourth-order valence-electron chi connectivity index (χ4n) is 4.84. The van der Waals surface area contributed by atoms with Crippen molar-refractivity contribution in [1.29, 1.82) is 0 Å². The summed E-state index contributed by atoms with van der Waals surface area (Å²) in [6.07, 6.45) is 0.849. The van der Waals surface area contributed by atoms with Gasteiger partial charge in [0.1, 0.15) is 17.2 Å². The monoisotopic (exact) mass is 495 g/mol. The van der Waals surface area contributed by atoms with Crippen molar-refractivity contribution >= 4 is 34.4 Å². The van der Waals surface area contributed by atoms with Gasteiger partial charge in [-0.1, -0.05) is 30.3 Å². The number of ether oxygens (including phenoxy) is 1. The predicted octanol–water partition coefficient (Wildman–Crippen LogP) is 3.05. The van der Waals surface area contributed by atoms with Crippen LogP contribution in [-0.4, -0.2) is 47.7 Å². The number of carbonyl (C=O) groups excluding carboxylic acids is 2. The van der Waals surface area contributed by atoms with Crippen LogP contribution in [0.1, 0.15) is 34.9 Å². The number of thioether (sulfide) groups is 1. The third-order valence-corrected chi connectivity index (χ3v) is 8.00. The van der Waals surface area contributed by atoms with Gasteiger partial charge in [-0.15, -0.1) is 11.8 Å². The number of carbonyl (C=O) groups is 2. The Morgan fingerprint density at radius 3 is 2.63 bits per heavy atom. The van der Waals surface area contributed by atoms with E-state index in [4.69, 9.17) is 4.74 Å². The molecule has 0 bridgehead atoms. The van der Waals surface area contributed by atoms with E-state index < -0.39 is 22.7 Å². The number of methoxy groups -OCH3 is 1. The standard InChI is InChI=1S/C26H26FN3O4S/c1-34-22-21-23(35-24(22)25(32)29-17-9-11-28-12-10-17)18-13-16(27)7-8-19(18)30(26(21)33)14-20(31)15-5-3-2-4-6-15/h2-8,13,17,22,24,28H,9-12,14H2,1H3,(H,29,32). The van der Waals surface area contributed by atoms with E-state index in [0.29, 0.717) is 26.9 Å². The zero-order valence-electron chi connectivity index (χ0n) is 19.3. The SMILES string of the molecule is COC1c2c(c3cc(F)ccc3n(CC(=O)c3ccccc3)c2=O)SC1C(=O)NC1CCNCC1. The molecule has 2 aliphatic rings. The van der Waals surface area contributed by atoms with Crippen LogP contribution in [0.2, 0.25) is 0 Å². The van der Waals surface area contributed by atoms with E-state index in [1.807, 2.05) is 6.07 Å². The number of hydrogen-bond donors (Lipinski definition) is 2. The Labute approximate surface area is 206 Å². The summed E-state index contributed by atoms with van der Waals surface area (Å²) in [5, 5.41) is 6.16. The molecule has 2 unspecified atom stereocenters. The first-order valence-corrected chi connectivity index (χ1v) is 12.5. The number of fused-ring (bicyclic) bond motifs is 3. The molecule has 35 heavy (non-hydrogen) atoms. The molecule has 9 heteroatoms. The van der Waals surface area contributed by atoms with E-state index in [0.717, 1.165) is 25.9 Å². The number of aromatic nitrogens is 1. The van der Waals surface area contributed by atoms with Crippen LogP contribution in [0.25, 0.3) is 10.9 Å². The number of halogens is 1. The smallest absolute Gasteiger partial charge is 0.258 e. The quantitative estimate of drug-likeness (QED) is 0.511. The Hall–Kier alpha value is -3.01. The molecule has 2 N–H and O–H groups in total. The van der Waals surface area contributed by atoms with Gasteiger partial charge in [-0.25, -0.2) is 4.39 Å². The molecule has 5 rings (SSSR count). The Balaban J connectivity index is 1.56. The van der Waals surface area contributed by atoms with Gasteiger partial charge >= 0.3 is 0 Å². The lowest BCUT2D eigenvalue weighted by Crippen LogP contribution is -2.46. The lowest BCUT2D eigenvalue weighted by Gasteiger charge is -2.26. The van der Waals surface area contributed by atoms with Crippen LogP contribution in [0.3, 0.4) is 0 Å². The second kappa shape index (κ2) is 9.93. The van der Waals surface area contributed by atoms with Crippen LogP contribution < -0.4 is 16.2 Å². The third-order valence-electron chi connectivity index (χ3n) is 6.61. The van der Waals surface area contributed by atoms with E-state index >= 15 is 0 Å². The molecule has 1 amide bonds. The fourth-order valence-corrected chi connectivity index (χ4v) is 6.26. The molecule has 2 atom stereocenters. The normalized spacial score (nSPS) is 20.1. The summed E-state index contributed by atoms with van der Waals surface area (Å²) < 4.78 is 21.4. The summed E-state index contributed by atoms with van der Waals surface area (Å²) in [5.74, 6) is -0.907. The Kier molecular flexibility index (Phi) is 6.73. The predicted molar refractivity (Wildman–Crippen MR) is 132 cm³/mol. The van der Waals surface area contributed by atoms with E-state index in [9.17, 15) is 18.8 Å².